The van der Waals surface area contributed by atoms with E-state index in [4.69, 9.17) is 18.9 Å². The van der Waals surface area contributed by atoms with Gasteiger partial charge in [0, 0.05) is 12.3 Å². The van der Waals surface area contributed by atoms with Gasteiger partial charge in [0.15, 0.2) is 12.6 Å². The first-order chi connectivity index (χ1) is 14.3. The van der Waals surface area contributed by atoms with Crippen LogP contribution < -0.4 is 0 Å². The molecular formula is C24H40O6. The van der Waals surface area contributed by atoms with Crippen molar-refractivity contribution >= 4 is 5.97 Å². The number of carbonyl (C=O) groups is 1. The quantitative estimate of drug-likeness (QED) is 0.432. The van der Waals surface area contributed by atoms with Crippen LogP contribution in [-0.4, -0.2) is 43.5 Å². The number of unbranched alkanes of at least 4 members (excludes halogenated alkanes) is 1. The molecule has 30 heavy (non-hydrogen) atoms. The van der Waals surface area contributed by atoms with Crippen molar-refractivity contribution in [3.63, 3.8) is 0 Å². The van der Waals surface area contributed by atoms with Gasteiger partial charge < -0.3 is 24.1 Å². The van der Waals surface area contributed by atoms with E-state index in [2.05, 4.69) is 26.8 Å². The van der Waals surface area contributed by atoms with Gasteiger partial charge in [-0.1, -0.05) is 33.6 Å². The van der Waals surface area contributed by atoms with Gasteiger partial charge in [-0.2, -0.15) is 0 Å². The van der Waals surface area contributed by atoms with E-state index in [0.29, 0.717) is 19.4 Å². The Bertz CT molecular complexity index is 595. The molecule has 6 atom stereocenters. The monoisotopic (exact) mass is 424 g/mol. The van der Waals surface area contributed by atoms with E-state index < -0.39 is 6.29 Å². The summed E-state index contributed by atoms with van der Waals surface area (Å²) in [6.45, 7) is 7.48. The maximum atomic E-state index is 12.1. The maximum Gasteiger partial charge on any atom is 0.308 e. The molecule has 3 rings (SSSR count). The molecule has 3 aliphatic rings. The second-order valence-electron chi connectivity index (χ2n) is 9.94. The van der Waals surface area contributed by atoms with Gasteiger partial charge in [0.25, 0.3) is 0 Å². The molecule has 0 spiro atoms. The van der Waals surface area contributed by atoms with Gasteiger partial charge in [-0.25, -0.2) is 0 Å². The van der Waals surface area contributed by atoms with Crippen molar-refractivity contribution in [1.29, 1.82) is 0 Å². The topological polar surface area (TPSA) is 74.2 Å². The van der Waals surface area contributed by atoms with Gasteiger partial charge in [-0.3, -0.25) is 4.79 Å². The van der Waals surface area contributed by atoms with Gasteiger partial charge in [-0.05, 0) is 50.0 Å². The van der Waals surface area contributed by atoms with E-state index >= 15 is 0 Å². The van der Waals surface area contributed by atoms with Gasteiger partial charge in [0.2, 0.25) is 0 Å². The minimum absolute atomic E-state index is 0.0534. The molecule has 3 fully saturated rings. The van der Waals surface area contributed by atoms with Gasteiger partial charge in [-0.15, -0.1) is 0 Å². The van der Waals surface area contributed by atoms with Crippen LogP contribution in [0.3, 0.4) is 0 Å². The highest BCUT2D eigenvalue weighted by Gasteiger charge is 2.53. The lowest BCUT2D eigenvalue weighted by Gasteiger charge is -2.31. The highest BCUT2D eigenvalue weighted by Crippen LogP contribution is 2.49. The predicted molar refractivity (Wildman–Crippen MR) is 113 cm³/mol. The Morgan fingerprint density at radius 2 is 2.07 bits per heavy atom. The highest BCUT2D eigenvalue weighted by atomic mass is 16.7. The lowest BCUT2D eigenvalue weighted by molar-refractivity contribution is -0.161. The number of hydrogen-bond acceptors (Lipinski definition) is 6. The standard InChI is InChI=1S/C24H40O6/c1-5-6-11-24(2,3)12-10-18(29-20-9-7-8-13-28-20)21-17-14-16(22(25)27-4)15-19(17)30-23(21)26/h10,16-17,19-21,23,26H,5-9,11-15H2,1-4H3/t16-,17-,19-,20?,21?,23?/m1/s1. The molecule has 0 aromatic heterocycles. The Morgan fingerprint density at radius 3 is 2.73 bits per heavy atom. The minimum atomic E-state index is -0.910. The van der Waals surface area contributed by atoms with E-state index in [1.54, 1.807) is 0 Å². The van der Waals surface area contributed by atoms with E-state index in [1.165, 1.54) is 20.0 Å². The Kier molecular flexibility index (Phi) is 8.22. The van der Waals surface area contributed by atoms with E-state index in [-0.39, 0.29) is 41.5 Å². The molecule has 2 aliphatic heterocycles. The van der Waals surface area contributed by atoms with Crippen molar-refractivity contribution in [2.45, 2.75) is 97.2 Å². The maximum absolute atomic E-state index is 12.1. The van der Waals surface area contributed by atoms with Crippen LogP contribution in [0.2, 0.25) is 0 Å². The molecule has 3 unspecified atom stereocenters. The zero-order chi connectivity index (χ0) is 21.7. The molecule has 0 bridgehead atoms. The summed E-state index contributed by atoms with van der Waals surface area (Å²) in [7, 11) is 1.43. The van der Waals surface area contributed by atoms with Crippen LogP contribution in [0.15, 0.2) is 11.8 Å². The summed E-state index contributed by atoms with van der Waals surface area (Å²) in [5, 5.41) is 10.7. The third-order valence-corrected chi connectivity index (χ3v) is 6.97. The zero-order valence-corrected chi connectivity index (χ0v) is 19.1. The molecule has 0 radical (unpaired) electrons. The number of esters is 1. The average Bonchev–Trinajstić information content (AvgIpc) is 3.26. The van der Waals surface area contributed by atoms with Crippen molar-refractivity contribution in [3.8, 4) is 0 Å². The van der Waals surface area contributed by atoms with Crippen molar-refractivity contribution in [2.75, 3.05) is 13.7 Å². The average molecular weight is 425 g/mol. The highest BCUT2D eigenvalue weighted by molar-refractivity contribution is 5.72. The molecule has 0 aromatic carbocycles. The first-order valence-corrected chi connectivity index (χ1v) is 11.7. The zero-order valence-electron chi connectivity index (χ0n) is 19.1. The summed E-state index contributed by atoms with van der Waals surface area (Å²) in [6, 6.07) is 0. The fraction of sp³-hybridized carbons (Fsp3) is 0.875. The summed E-state index contributed by atoms with van der Waals surface area (Å²) < 4.78 is 23.0. The molecule has 2 saturated heterocycles. The number of allylic oxidation sites excluding steroid dienone is 1. The number of carbonyl (C=O) groups excluding carboxylic acids is 1. The normalized spacial score (nSPS) is 34.6. The van der Waals surface area contributed by atoms with Crippen molar-refractivity contribution in [1.82, 2.24) is 0 Å². The molecule has 0 aromatic rings. The van der Waals surface area contributed by atoms with E-state index in [9.17, 15) is 9.90 Å². The molecule has 6 heteroatoms. The third kappa shape index (κ3) is 5.77. The first-order valence-electron chi connectivity index (χ1n) is 11.7. The molecule has 1 aliphatic carbocycles. The molecule has 1 N–H and O–H groups in total. The number of aliphatic hydroxyl groups excluding tert-OH is 1. The van der Waals surface area contributed by atoms with Crippen molar-refractivity contribution in [3.05, 3.63) is 11.8 Å². The van der Waals surface area contributed by atoms with Gasteiger partial charge >= 0.3 is 5.97 Å². The fourth-order valence-electron chi connectivity index (χ4n) is 5.10. The number of rotatable bonds is 9. The molecule has 0 amide bonds. The summed E-state index contributed by atoms with van der Waals surface area (Å²) in [6.07, 6.45) is 9.49. The fourth-order valence-corrected chi connectivity index (χ4v) is 5.10. The predicted octanol–water partition coefficient (Wildman–Crippen LogP) is 4.55. The number of aliphatic hydroxyl groups is 1. The number of methoxy groups -OCH3 is 1. The number of hydrogen-bond donors (Lipinski definition) is 1. The Labute approximate surface area is 181 Å². The van der Waals surface area contributed by atoms with Crippen LogP contribution in [0.5, 0.6) is 0 Å². The van der Waals surface area contributed by atoms with Crippen LogP contribution in [0.1, 0.15) is 78.6 Å². The Morgan fingerprint density at radius 1 is 1.27 bits per heavy atom. The molecule has 6 nitrogen and oxygen atoms in total. The van der Waals surface area contributed by atoms with E-state index in [0.717, 1.165) is 37.9 Å². The SMILES string of the molecule is CCCCC(C)(C)CC=C(OC1CCCCO1)C1C(O)O[C@@H]2C[C@H](C(=O)OC)C[C@@H]12. The smallest absolute Gasteiger partial charge is 0.308 e. The van der Waals surface area contributed by atoms with Gasteiger partial charge in [0.05, 0.1) is 31.7 Å². The van der Waals surface area contributed by atoms with Crippen LogP contribution >= 0.6 is 0 Å². The van der Waals surface area contributed by atoms with E-state index in [1.807, 2.05) is 0 Å². The second kappa shape index (κ2) is 10.5. The molecular weight excluding hydrogens is 384 g/mol. The summed E-state index contributed by atoms with van der Waals surface area (Å²) in [5.41, 5.74) is 0.159. The summed E-state index contributed by atoms with van der Waals surface area (Å²) in [5.74, 6) is 0.198. The molecule has 1 saturated carbocycles. The van der Waals surface area contributed by atoms with Gasteiger partial charge in [0.1, 0.15) is 5.76 Å². The van der Waals surface area contributed by atoms with Crippen LogP contribution in [0, 0.1) is 23.2 Å². The Hall–Kier alpha value is -1.11. The molecule has 172 valence electrons. The van der Waals surface area contributed by atoms with Crippen LogP contribution in [0.4, 0.5) is 0 Å². The largest absolute Gasteiger partial charge is 0.469 e. The summed E-state index contributed by atoms with van der Waals surface area (Å²) in [4.78, 5) is 12.1. The number of fused-ring (bicyclic) bond motifs is 1. The minimum Gasteiger partial charge on any atom is -0.469 e. The lowest BCUT2D eigenvalue weighted by Crippen LogP contribution is -2.30. The lowest BCUT2D eigenvalue weighted by atomic mass is 9.82. The number of ether oxygens (including phenoxy) is 4. The summed E-state index contributed by atoms with van der Waals surface area (Å²) >= 11 is 0. The van der Waals surface area contributed by atoms with Crippen molar-refractivity contribution in [2.24, 2.45) is 23.2 Å². The molecule has 2 heterocycles. The Balaban J connectivity index is 1.77. The van der Waals surface area contributed by atoms with Crippen LogP contribution in [0.25, 0.3) is 0 Å². The first kappa shape index (κ1) is 23.6. The third-order valence-electron chi connectivity index (χ3n) is 6.97. The van der Waals surface area contributed by atoms with Crippen molar-refractivity contribution < 1.29 is 28.8 Å². The van der Waals surface area contributed by atoms with Crippen LogP contribution in [-0.2, 0) is 23.7 Å². The second-order valence-corrected chi connectivity index (χ2v) is 9.94.